The summed E-state index contributed by atoms with van der Waals surface area (Å²) in [6.07, 6.45) is 1.14. The van der Waals surface area contributed by atoms with Crippen molar-refractivity contribution in [1.82, 2.24) is 0 Å². The van der Waals surface area contributed by atoms with Gasteiger partial charge in [-0.2, -0.15) is 8.78 Å². The topological polar surface area (TPSA) is 80.3 Å². The highest BCUT2D eigenvalue weighted by atomic mass is 32.2. The summed E-state index contributed by atoms with van der Waals surface area (Å²) in [5, 5.41) is 2.83. The minimum atomic E-state index is -4.70. The highest BCUT2D eigenvalue weighted by Crippen LogP contribution is 2.26. The van der Waals surface area contributed by atoms with Gasteiger partial charge in [-0.15, -0.1) is 0 Å². The van der Waals surface area contributed by atoms with Crippen molar-refractivity contribution in [2.45, 2.75) is 23.0 Å². The molecule has 25 heavy (non-hydrogen) atoms. The molecule has 2 aromatic rings. The maximum absolute atomic E-state index is 12.8. The van der Waals surface area contributed by atoms with Crippen molar-refractivity contribution in [2.75, 3.05) is 11.6 Å². The lowest BCUT2D eigenvalue weighted by Crippen LogP contribution is -2.14. The van der Waals surface area contributed by atoms with Crippen molar-refractivity contribution < 1.29 is 25.6 Å². The van der Waals surface area contributed by atoms with Crippen molar-refractivity contribution in [3.8, 4) is 0 Å². The minimum absolute atomic E-state index is 0.0732. The summed E-state index contributed by atoms with van der Waals surface area (Å²) < 4.78 is 71.4. The molecule has 2 aromatic carbocycles. The van der Waals surface area contributed by atoms with Crippen LogP contribution in [0.2, 0.25) is 0 Å². The summed E-state index contributed by atoms with van der Waals surface area (Å²) in [6.45, 7) is 0.203. The van der Waals surface area contributed by atoms with Gasteiger partial charge in [-0.3, -0.25) is 0 Å². The lowest BCUT2D eigenvalue weighted by molar-refractivity contribution is 0.235. The third kappa shape index (κ3) is 5.23. The van der Waals surface area contributed by atoms with Crippen molar-refractivity contribution in [2.24, 2.45) is 0 Å². The summed E-state index contributed by atoms with van der Waals surface area (Å²) in [5.41, 5.74) is 1.47. The van der Waals surface area contributed by atoms with E-state index in [1.165, 1.54) is 12.1 Å². The zero-order valence-electron chi connectivity index (χ0n) is 13.3. The monoisotopic (exact) mass is 389 g/mol. The number of alkyl halides is 2. The van der Waals surface area contributed by atoms with Crippen LogP contribution < -0.4 is 5.32 Å². The van der Waals surface area contributed by atoms with Crippen LogP contribution in [0.15, 0.2) is 53.4 Å². The molecule has 0 saturated carbocycles. The number of hydrogen-bond donors (Lipinski definition) is 1. The second-order valence-corrected chi connectivity index (χ2v) is 9.57. The average molecular weight is 389 g/mol. The fourth-order valence-corrected chi connectivity index (χ4v) is 3.92. The van der Waals surface area contributed by atoms with Crippen LogP contribution in [0.5, 0.6) is 0 Å². The summed E-state index contributed by atoms with van der Waals surface area (Å²) in [4.78, 5) is -0.460. The smallest absolute Gasteiger partial charge is 0.341 e. The highest BCUT2D eigenvalue weighted by Gasteiger charge is 2.28. The lowest BCUT2D eigenvalue weighted by atomic mass is 10.1. The van der Waals surface area contributed by atoms with Crippen LogP contribution >= 0.6 is 0 Å². The largest absolute Gasteiger partial charge is 0.380 e. The van der Waals surface area contributed by atoms with Gasteiger partial charge in [0.1, 0.15) is 0 Å². The van der Waals surface area contributed by atoms with E-state index >= 15 is 0 Å². The number of para-hydroxylation sites is 1. The predicted octanol–water partition coefficient (Wildman–Crippen LogP) is 2.84. The quantitative estimate of drug-likeness (QED) is 0.788. The molecule has 0 aromatic heterocycles. The molecule has 0 atom stereocenters. The van der Waals surface area contributed by atoms with Crippen LogP contribution in [0.25, 0.3) is 0 Å². The molecule has 0 spiro atoms. The second kappa shape index (κ2) is 7.49. The molecule has 0 aliphatic carbocycles. The molecule has 0 saturated heterocycles. The zero-order chi connectivity index (χ0) is 18.7. The molecule has 136 valence electrons. The first kappa shape index (κ1) is 19.3. The number of sulfone groups is 2. The maximum atomic E-state index is 12.8. The number of benzene rings is 2. The molecule has 0 radical (unpaired) electrons. The van der Waals surface area contributed by atoms with E-state index in [0.717, 1.165) is 17.9 Å². The standard InChI is InChI=1S/C16H17F2NO4S2/c1-24(20,21)11-13-8-6-12(7-9-13)10-19-14-4-2-3-5-15(14)25(22,23)16(17)18/h2-9,16,19H,10-11H2,1H3. The van der Waals surface area contributed by atoms with Gasteiger partial charge in [0.05, 0.1) is 16.3 Å². The van der Waals surface area contributed by atoms with Gasteiger partial charge in [0.15, 0.2) is 9.84 Å². The second-order valence-electron chi connectivity index (χ2n) is 5.54. The zero-order valence-corrected chi connectivity index (χ0v) is 14.9. The Bertz CT molecular complexity index is 940. The van der Waals surface area contributed by atoms with Crippen molar-refractivity contribution >= 4 is 25.4 Å². The molecule has 0 aliphatic rings. The van der Waals surface area contributed by atoms with Gasteiger partial charge < -0.3 is 5.32 Å². The van der Waals surface area contributed by atoms with Gasteiger partial charge in [-0.05, 0) is 23.3 Å². The molecule has 1 N–H and O–H groups in total. The van der Waals surface area contributed by atoms with E-state index in [2.05, 4.69) is 5.32 Å². The Hall–Kier alpha value is -2.00. The number of anilines is 1. The molecule has 2 rings (SSSR count). The normalized spacial score (nSPS) is 12.3. The summed E-state index contributed by atoms with van der Waals surface area (Å²) in [6, 6.07) is 12.1. The first-order chi connectivity index (χ1) is 11.6. The van der Waals surface area contributed by atoms with Crippen molar-refractivity contribution in [3.05, 3.63) is 59.7 Å². The van der Waals surface area contributed by atoms with Gasteiger partial charge in [-0.1, -0.05) is 36.4 Å². The first-order valence-corrected chi connectivity index (χ1v) is 10.8. The van der Waals surface area contributed by atoms with Crippen LogP contribution in [0.3, 0.4) is 0 Å². The van der Waals surface area contributed by atoms with Crippen LogP contribution in [-0.2, 0) is 32.0 Å². The third-order valence-electron chi connectivity index (χ3n) is 3.36. The molecule has 0 unspecified atom stereocenters. The van der Waals surface area contributed by atoms with Crippen molar-refractivity contribution in [1.29, 1.82) is 0 Å². The molecular weight excluding hydrogens is 372 g/mol. The summed E-state index contributed by atoms with van der Waals surface area (Å²) in [5.74, 6) is -3.57. The molecular formula is C16H17F2NO4S2. The van der Waals surface area contributed by atoms with Crippen LogP contribution in [0.4, 0.5) is 14.5 Å². The fraction of sp³-hybridized carbons (Fsp3) is 0.250. The molecule has 0 amide bonds. The van der Waals surface area contributed by atoms with E-state index in [1.807, 2.05) is 0 Å². The van der Waals surface area contributed by atoms with Crippen LogP contribution in [-0.4, -0.2) is 28.8 Å². The number of halogens is 2. The predicted molar refractivity (Wildman–Crippen MR) is 91.9 cm³/mol. The average Bonchev–Trinajstić information content (AvgIpc) is 2.53. The fourth-order valence-electron chi connectivity index (χ4n) is 2.21. The minimum Gasteiger partial charge on any atom is -0.380 e. The van der Waals surface area contributed by atoms with E-state index in [4.69, 9.17) is 0 Å². The van der Waals surface area contributed by atoms with Gasteiger partial charge >= 0.3 is 5.76 Å². The highest BCUT2D eigenvalue weighted by molar-refractivity contribution is 7.91. The SMILES string of the molecule is CS(=O)(=O)Cc1ccc(CNc2ccccc2S(=O)(=O)C(F)F)cc1. The molecule has 0 heterocycles. The van der Waals surface area contributed by atoms with Gasteiger partial charge in [0.25, 0.3) is 0 Å². The number of rotatable bonds is 7. The lowest BCUT2D eigenvalue weighted by Gasteiger charge is -2.12. The Kier molecular flexibility index (Phi) is 5.79. The van der Waals surface area contributed by atoms with Crippen LogP contribution in [0, 0.1) is 0 Å². The van der Waals surface area contributed by atoms with E-state index in [-0.39, 0.29) is 18.0 Å². The Labute approximate surface area is 145 Å². The summed E-state index contributed by atoms with van der Waals surface area (Å²) >= 11 is 0. The Morgan fingerprint density at radius 1 is 0.920 bits per heavy atom. The van der Waals surface area contributed by atoms with Crippen molar-refractivity contribution in [3.63, 3.8) is 0 Å². The van der Waals surface area contributed by atoms with E-state index in [9.17, 15) is 25.6 Å². The summed E-state index contributed by atoms with van der Waals surface area (Å²) in [7, 11) is -7.83. The molecule has 0 bridgehead atoms. The van der Waals surface area contributed by atoms with Gasteiger partial charge in [0.2, 0.25) is 9.84 Å². The Morgan fingerprint density at radius 2 is 1.48 bits per heavy atom. The Morgan fingerprint density at radius 3 is 2.04 bits per heavy atom. The Balaban J connectivity index is 2.15. The van der Waals surface area contributed by atoms with Gasteiger partial charge in [0, 0.05) is 12.8 Å². The number of hydrogen-bond acceptors (Lipinski definition) is 5. The molecule has 9 heteroatoms. The van der Waals surface area contributed by atoms with E-state index in [1.54, 1.807) is 30.3 Å². The number of nitrogens with one attached hydrogen (secondary N) is 1. The van der Waals surface area contributed by atoms with E-state index < -0.39 is 30.3 Å². The van der Waals surface area contributed by atoms with Crippen LogP contribution in [0.1, 0.15) is 11.1 Å². The molecule has 0 aliphatic heterocycles. The molecule has 0 fully saturated rings. The first-order valence-electron chi connectivity index (χ1n) is 7.20. The maximum Gasteiger partial charge on any atom is 0.341 e. The van der Waals surface area contributed by atoms with Gasteiger partial charge in [-0.25, -0.2) is 16.8 Å². The van der Waals surface area contributed by atoms with E-state index in [0.29, 0.717) is 5.56 Å². The third-order valence-corrected chi connectivity index (χ3v) is 5.66. The molecule has 5 nitrogen and oxygen atoms in total.